The molecule has 5 rings (SSSR count). The van der Waals surface area contributed by atoms with Crippen LogP contribution >= 0.6 is 0 Å². The molecule has 4 aromatic rings. The van der Waals surface area contributed by atoms with E-state index in [-0.39, 0.29) is 0 Å². The summed E-state index contributed by atoms with van der Waals surface area (Å²) < 4.78 is 7.52. The first-order valence-electron chi connectivity index (χ1n) is 9.04. The van der Waals surface area contributed by atoms with Crippen molar-refractivity contribution in [3.8, 4) is 11.5 Å². The lowest BCUT2D eigenvalue weighted by Gasteiger charge is -2.26. The smallest absolute Gasteiger partial charge is 0.230 e. The Bertz CT molecular complexity index is 1010. The van der Waals surface area contributed by atoms with E-state index in [1.807, 2.05) is 10.6 Å². The largest absolute Gasteiger partial charge is 0.339 e. The summed E-state index contributed by atoms with van der Waals surface area (Å²) >= 11 is 0. The summed E-state index contributed by atoms with van der Waals surface area (Å²) in [5, 5.41) is 4.19. The number of aromatic nitrogens is 5. The minimum atomic E-state index is 0.345. The standard InChI is InChI=1S/C20H19N5O/c1-2-4-14(5-3-1)15-6-8-16(9-7-15)20-23-19(24-26-20)17-12-22-18-13-21-10-11-25(17)18/h1-5,10-13,15-16H,6-9H2. The number of imidazole rings is 1. The van der Waals surface area contributed by atoms with Crippen LogP contribution < -0.4 is 0 Å². The average molecular weight is 345 g/mol. The third-order valence-electron chi connectivity index (χ3n) is 5.34. The van der Waals surface area contributed by atoms with Crippen molar-refractivity contribution in [2.75, 3.05) is 0 Å². The fraction of sp³-hybridized carbons (Fsp3) is 0.300. The molecule has 0 bridgehead atoms. The van der Waals surface area contributed by atoms with Crippen molar-refractivity contribution in [1.29, 1.82) is 0 Å². The number of hydrogen-bond donors (Lipinski definition) is 0. The lowest BCUT2D eigenvalue weighted by Crippen LogP contribution is -2.12. The van der Waals surface area contributed by atoms with Gasteiger partial charge in [-0.2, -0.15) is 4.98 Å². The van der Waals surface area contributed by atoms with Crippen molar-refractivity contribution < 1.29 is 4.52 Å². The van der Waals surface area contributed by atoms with Gasteiger partial charge in [-0.05, 0) is 37.2 Å². The molecule has 130 valence electrons. The highest BCUT2D eigenvalue weighted by Crippen LogP contribution is 2.40. The molecule has 26 heavy (non-hydrogen) atoms. The molecule has 0 spiro atoms. The van der Waals surface area contributed by atoms with Crippen LogP contribution in [0.2, 0.25) is 0 Å². The fourth-order valence-electron chi connectivity index (χ4n) is 3.91. The van der Waals surface area contributed by atoms with Crippen LogP contribution in [-0.4, -0.2) is 24.5 Å². The van der Waals surface area contributed by atoms with E-state index in [1.165, 1.54) is 5.56 Å². The van der Waals surface area contributed by atoms with E-state index >= 15 is 0 Å². The molecule has 0 aliphatic heterocycles. The van der Waals surface area contributed by atoms with Gasteiger partial charge < -0.3 is 4.52 Å². The summed E-state index contributed by atoms with van der Waals surface area (Å²) in [7, 11) is 0. The lowest BCUT2D eigenvalue weighted by atomic mass is 9.78. The van der Waals surface area contributed by atoms with E-state index in [1.54, 1.807) is 18.6 Å². The number of nitrogens with zero attached hydrogens (tertiary/aromatic N) is 5. The Morgan fingerprint density at radius 1 is 0.962 bits per heavy atom. The Morgan fingerprint density at radius 3 is 2.62 bits per heavy atom. The van der Waals surface area contributed by atoms with Crippen LogP contribution in [0.25, 0.3) is 17.2 Å². The Labute approximate surface area is 150 Å². The van der Waals surface area contributed by atoms with Crippen molar-refractivity contribution in [3.63, 3.8) is 0 Å². The Morgan fingerprint density at radius 2 is 1.77 bits per heavy atom. The van der Waals surface area contributed by atoms with E-state index < -0.39 is 0 Å². The maximum Gasteiger partial charge on any atom is 0.230 e. The second-order valence-electron chi connectivity index (χ2n) is 6.86. The first-order valence-corrected chi connectivity index (χ1v) is 9.04. The summed E-state index contributed by atoms with van der Waals surface area (Å²) in [6, 6.07) is 10.8. The summed E-state index contributed by atoms with van der Waals surface area (Å²) in [6.45, 7) is 0. The highest BCUT2D eigenvalue weighted by Gasteiger charge is 2.27. The molecule has 6 heteroatoms. The molecular formula is C20H19N5O. The molecule has 0 atom stereocenters. The third kappa shape index (κ3) is 2.67. The van der Waals surface area contributed by atoms with Gasteiger partial charge in [-0.3, -0.25) is 9.38 Å². The van der Waals surface area contributed by atoms with Crippen LogP contribution in [0, 0.1) is 0 Å². The van der Waals surface area contributed by atoms with Crippen LogP contribution in [0.5, 0.6) is 0 Å². The van der Waals surface area contributed by atoms with Gasteiger partial charge in [-0.1, -0.05) is 35.5 Å². The van der Waals surface area contributed by atoms with E-state index in [2.05, 4.69) is 50.4 Å². The van der Waals surface area contributed by atoms with Gasteiger partial charge in [-0.15, -0.1) is 0 Å². The quantitative estimate of drug-likeness (QED) is 0.556. The minimum Gasteiger partial charge on any atom is -0.339 e. The van der Waals surface area contributed by atoms with Gasteiger partial charge in [-0.25, -0.2) is 4.98 Å². The van der Waals surface area contributed by atoms with Gasteiger partial charge >= 0.3 is 0 Å². The zero-order valence-corrected chi connectivity index (χ0v) is 14.3. The fourth-order valence-corrected chi connectivity index (χ4v) is 3.91. The van der Waals surface area contributed by atoms with Crippen molar-refractivity contribution in [3.05, 3.63) is 66.6 Å². The van der Waals surface area contributed by atoms with Crippen LogP contribution in [0.3, 0.4) is 0 Å². The predicted molar refractivity (Wildman–Crippen MR) is 96.7 cm³/mol. The van der Waals surface area contributed by atoms with Gasteiger partial charge in [0.2, 0.25) is 11.7 Å². The van der Waals surface area contributed by atoms with Gasteiger partial charge in [0.25, 0.3) is 0 Å². The summed E-state index contributed by atoms with van der Waals surface area (Å²) in [5.41, 5.74) is 3.05. The van der Waals surface area contributed by atoms with E-state index in [0.717, 1.165) is 42.9 Å². The molecule has 1 aliphatic rings. The highest BCUT2D eigenvalue weighted by atomic mass is 16.5. The van der Waals surface area contributed by atoms with Crippen LogP contribution in [-0.2, 0) is 0 Å². The molecule has 3 heterocycles. The Kier molecular flexibility index (Phi) is 3.74. The van der Waals surface area contributed by atoms with Crippen molar-refractivity contribution in [2.24, 2.45) is 0 Å². The first kappa shape index (κ1) is 15.3. The van der Waals surface area contributed by atoms with E-state index in [0.29, 0.717) is 17.7 Å². The van der Waals surface area contributed by atoms with Gasteiger partial charge in [0.05, 0.1) is 12.4 Å². The molecule has 0 saturated heterocycles. The van der Waals surface area contributed by atoms with Crippen LogP contribution in [0.4, 0.5) is 0 Å². The van der Waals surface area contributed by atoms with E-state index in [4.69, 9.17) is 4.52 Å². The van der Waals surface area contributed by atoms with Crippen LogP contribution in [0.15, 0.2) is 59.6 Å². The number of fused-ring (bicyclic) bond motifs is 1. The summed E-state index contributed by atoms with van der Waals surface area (Å²) in [6.07, 6.45) is 11.5. The third-order valence-corrected chi connectivity index (χ3v) is 5.34. The maximum atomic E-state index is 5.60. The normalized spacial score (nSPS) is 20.5. The molecule has 0 N–H and O–H groups in total. The number of hydrogen-bond acceptors (Lipinski definition) is 5. The van der Waals surface area contributed by atoms with Crippen LogP contribution in [0.1, 0.15) is 49.0 Å². The predicted octanol–water partition coefficient (Wildman–Crippen LogP) is 4.22. The van der Waals surface area contributed by atoms with Crippen molar-refractivity contribution >= 4 is 5.65 Å². The molecule has 0 radical (unpaired) electrons. The second kappa shape index (κ2) is 6.37. The van der Waals surface area contributed by atoms with Gasteiger partial charge in [0.15, 0.2) is 5.65 Å². The molecule has 0 amide bonds. The molecule has 1 aromatic carbocycles. The average Bonchev–Trinajstić information content (AvgIpc) is 3.36. The minimum absolute atomic E-state index is 0.345. The Balaban J connectivity index is 1.33. The molecule has 1 saturated carbocycles. The molecule has 0 unspecified atom stereocenters. The molecule has 3 aromatic heterocycles. The monoisotopic (exact) mass is 345 g/mol. The lowest BCUT2D eigenvalue weighted by molar-refractivity contribution is 0.301. The van der Waals surface area contributed by atoms with Crippen molar-refractivity contribution in [1.82, 2.24) is 24.5 Å². The molecule has 6 nitrogen and oxygen atoms in total. The zero-order valence-electron chi connectivity index (χ0n) is 14.3. The topological polar surface area (TPSA) is 69.1 Å². The molecule has 1 fully saturated rings. The second-order valence-corrected chi connectivity index (χ2v) is 6.86. The van der Waals surface area contributed by atoms with E-state index in [9.17, 15) is 0 Å². The van der Waals surface area contributed by atoms with Crippen molar-refractivity contribution in [2.45, 2.75) is 37.5 Å². The SMILES string of the molecule is c1ccc(C2CCC(c3nc(-c4cnc5cnccn45)no3)CC2)cc1. The Hall–Kier alpha value is -3.02. The zero-order chi connectivity index (χ0) is 17.3. The van der Waals surface area contributed by atoms with Gasteiger partial charge in [0.1, 0.15) is 5.69 Å². The van der Waals surface area contributed by atoms with Gasteiger partial charge in [0, 0.05) is 18.3 Å². The number of rotatable bonds is 3. The highest BCUT2D eigenvalue weighted by molar-refractivity contribution is 5.55. The maximum absolute atomic E-state index is 5.60. The first-order chi connectivity index (χ1) is 12.9. The summed E-state index contributed by atoms with van der Waals surface area (Å²) in [4.78, 5) is 13.1. The summed E-state index contributed by atoms with van der Waals surface area (Å²) in [5.74, 6) is 2.32. The molecular weight excluding hydrogens is 326 g/mol. The number of benzene rings is 1. The molecule has 1 aliphatic carbocycles.